The van der Waals surface area contributed by atoms with Crippen molar-refractivity contribution in [2.75, 3.05) is 19.8 Å². The normalized spacial score (nSPS) is 18.0. The van der Waals surface area contributed by atoms with E-state index in [0.29, 0.717) is 19.4 Å². The maximum absolute atomic E-state index is 13.0. The van der Waals surface area contributed by atoms with Crippen LogP contribution in [0.2, 0.25) is 0 Å². The predicted molar refractivity (Wildman–Crippen MR) is 370 cm³/mol. The number of aliphatic hydroxyl groups is 5. The van der Waals surface area contributed by atoms with E-state index in [0.717, 1.165) is 57.8 Å². The number of esters is 1. The van der Waals surface area contributed by atoms with E-state index in [2.05, 4.69) is 55.6 Å². The molecular weight excluding hydrogens is 1100 g/mol. The zero-order valence-corrected chi connectivity index (χ0v) is 57.4. The van der Waals surface area contributed by atoms with Gasteiger partial charge in [0, 0.05) is 12.8 Å². The summed E-state index contributed by atoms with van der Waals surface area (Å²) in [5.74, 6) is -0.180. The van der Waals surface area contributed by atoms with Crippen molar-refractivity contribution in [2.24, 2.45) is 0 Å². The van der Waals surface area contributed by atoms with Crippen molar-refractivity contribution in [3.05, 3.63) is 48.6 Å². The highest BCUT2D eigenvalue weighted by molar-refractivity contribution is 5.76. The molecule has 88 heavy (non-hydrogen) atoms. The van der Waals surface area contributed by atoms with Gasteiger partial charge in [-0.3, -0.25) is 9.59 Å². The maximum atomic E-state index is 13.0. The van der Waals surface area contributed by atoms with Crippen molar-refractivity contribution in [3.63, 3.8) is 0 Å². The van der Waals surface area contributed by atoms with Crippen LogP contribution in [0, 0.1) is 0 Å². The summed E-state index contributed by atoms with van der Waals surface area (Å²) in [6.07, 6.45) is 77.1. The molecule has 0 aromatic carbocycles. The summed E-state index contributed by atoms with van der Waals surface area (Å²) < 4.78 is 16.7. The van der Waals surface area contributed by atoms with Gasteiger partial charge < -0.3 is 45.1 Å². The van der Waals surface area contributed by atoms with Crippen LogP contribution in [0.5, 0.6) is 0 Å². The van der Waals surface area contributed by atoms with Crippen molar-refractivity contribution in [3.8, 4) is 0 Å². The minimum Gasteiger partial charge on any atom is -0.466 e. The molecule has 1 aliphatic rings. The summed E-state index contributed by atoms with van der Waals surface area (Å²) in [5.41, 5.74) is 0. The number of unbranched alkanes of at least 4 members (excludes halogenated alkanes) is 47. The molecule has 0 bridgehead atoms. The average molecular weight is 1240 g/mol. The number of rotatable bonds is 67. The van der Waals surface area contributed by atoms with E-state index in [4.69, 9.17) is 14.2 Å². The van der Waals surface area contributed by atoms with Gasteiger partial charge in [-0.2, -0.15) is 0 Å². The van der Waals surface area contributed by atoms with Gasteiger partial charge in [-0.1, -0.05) is 326 Å². The van der Waals surface area contributed by atoms with Crippen molar-refractivity contribution in [1.29, 1.82) is 0 Å². The summed E-state index contributed by atoms with van der Waals surface area (Å²) in [6.45, 7) is 4.33. The second-order valence-electron chi connectivity index (χ2n) is 26.3. The van der Waals surface area contributed by atoms with E-state index >= 15 is 0 Å². The minimum absolute atomic E-state index is 0.0110. The summed E-state index contributed by atoms with van der Waals surface area (Å²) in [5, 5.41) is 54.3. The SMILES string of the molecule is CCCCCC/C=C/CC/C=C/C(O)C(COC1OC(CO)C(O)C(O)C1O)NC(=O)CCCCCCCCCCCCCCCCCCC/C=C\C/C=C\CCCCCCCCCCCOC(=O)CCCCCCCCCCCCCCCCCCC. The third-order valence-electron chi connectivity index (χ3n) is 17.9. The number of aliphatic hydroxyl groups excluding tert-OH is 5. The zero-order valence-electron chi connectivity index (χ0n) is 57.4. The largest absolute Gasteiger partial charge is 0.466 e. The molecule has 1 aliphatic heterocycles. The molecule has 0 aromatic heterocycles. The van der Waals surface area contributed by atoms with E-state index in [-0.39, 0.29) is 18.5 Å². The fourth-order valence-corrected chi connectivity index (χ4v) is 12.0. The molecule has 6 N–H and O–H groups in total. The first-order valence-electron chi connectivity index (χ1n) is 37.9. The number of amides is 1. The van der Waals surface area contributed by atoms with E-state index < -0.39 is 49.5 Å². The van der Waals surface area contributed by atoms with Crippen LogP contribution in [0.4, 0.5) is 0 Å². The smallest absolute Gasteiger partial charge is 0.305 e. The van der Waals surface area contributed by atoms with Gasteiger partial charge in [0.25, 0.3) is 0 Å². The Labute approximate surface area is 542 Å². The number of ether oxygens (including phenoxy) is 3. The molecule has 0 saturated carbocycles. The zero-order chi connectivity index (χ0) is 63.7. The maximum Gasteiger partial charge on any atom is 0.305 e. The first-order chi connectivity index (χ1) is 43.2. The Morgan fingerprint density at radius 2 is 0.773 bits per heavy atom. The van der Waals surface area contributed by atoms with Crippen LogP contribution < -0.4 is 5.32 Å². The number of carbonyl (C=O) groups excluding carboxylic acids is 2. The second kappa shape index (κ2) is 66.1. The van der Waals surface area contributed by atoms with Gasteiger partial charge >= 0.3 is 5.97 Å². The summed E-state index contributed by atoms with van der Waals surface area (Å²) in [4.78, 5) is 25.1. The first-order valence-corrected chi connectivity index (χ1v) is 37.9. The molecule has 1 saturated heterocycles. The van der Waals surface area contributed by atoms with Crippen LogP contribution in [0.1, 0.15) is 367 Å². The van der Waals surface area contributed by atoms with E-state index in [1.54, 1.807) is 6.08 Å². The average Bonchev–Trinajstić information content (AvgIpc) is 2.18. The number of allylic oxidation sites excluding steroid dienone is 7. The number of nitrogens with one attached hydrogen (secondary N) is 1. The molecule has 1 fully saturated rings. The van der Waals surface area contributed by atoms with Crippen molar-refractivity contribution >= 4 is 11.9 Å². The Kier molecular flexibility index (Phi) is 62.8. The number of hydrogen-bond donors (Lipinski definition) is 6. The lowest BCUT2D eigenvalue weighted by atomic mass is 9.99. The molecule has 1 amide bonds. The number of hydrogen-bond acceptors (Lipinski definition) is 10. The standard InChI is InChI=1S/C77H143NO10/c1-3-5-7-9-11-13-15-16-17-35-39-42-45-49-53-57-61-65-73(82)86-66-62-58-54-50-46-43-40-37-34-32-30-28-26-24-22-20-18-19-21-23-25-27-29-31-33-36-38-41-44-48-52-56-60-64-72(81)78-69(68-87-77-76(85)75(84)74(83)71(67-79)88-77)70(80)63-59-55-51-47-14-12-10-8-6-4-2/h14,22,24,28,30,47,59,63,69-71,74-77,79-80,83-85H,3-13,15-21,23,25-27,29,31-46,48-58,60-62,64-68H2,1-2H3,(H,78,81)/b24-22-,30-28-,47-14+,63-59+. The third-order valence-corrected chi connectivity index (χ3v) is 17.9. The van der Waals surface area contributed by atoms with Crippen LogP contribution in [0.15, 0.2) is 48.6 Å². The van der Waals surface area contributed by atoms with Gasteiger partial charge in [-0.15, -0.1) is 0 Å². The summed E-state index contributed by atoms with van der Waals surface area (Å²) in [6, 6.07) is -0.826. The second-order valence-corrected chi connectivity index (χ2v) is 26.3. The lowest BCUT2D eigenvalue weighted by molar-refractivity contribution is -0.302. The van der Waals surface area contributed by atoms with E-state index in [1.807, 2.05) is 6.08 Å². The molecule has 0 aliphatic carbocycles. The molecule has 11 heteroatoms. The molecular formula is C77H143NO10. The quantitative estimate of drug-likeness (QED) is 0.0195. The molecule has 1 heterocycles. The molecule has 7 unspecified atom stereocenters. The molecule has 0 aromatic rings. The number of carbonyl (C=O) groups is 2. The minimum atomic E-state index is -1.58. The van der Waals surface area contributed by atoms with Gasteiger partial charge in [0.15, 0.2) is 6.29 Å². The Bertz CT molecular complexity index is 1600. The van der Waals surface area contributed by atoms with Crippen LogP contribution in [0.25, 0.3) is 0 Å². The molecule has 1 rings (SSSR count). The lowest BCUT2D eigenvalue weighted by Crippen LogP contribution is -2.60. The highest BCUT2D eigenvalue weighted by Gasteiger charge is 2.44. The first kappa shape index (κ1) is 83.6. The third kappa shape index (κ3) is 54.2. The fourth-order valence-electron chi connectivity index (χ4n) is 12.0. The predicted octanol–water partition coefficient (Wildman–Crippen LogP) is 19.9. The summed E-state index contributed by atoms with van der Waals surface area (Å²) >= 11 is 0. The lowest BCUT2D eigenvalue weighted by Gasteiger charge is -2.40. The fraction of sp³-hybridized carbons (Fsp3) is 0.870. The van der Waals surface area contributed by atoms with Gasteiger partial charge in [0.05, 0.1) is 32.0 Å². The summed E-state index contributed by atoms with van der Waals surface area (Å²) in [7, 11) is 0. The highest BCUT2D eigenvalue weighted by atomic mass is 16.7. The molecule has 0 spiro atoms. The van der Waals surface area contributed by atoms with Gasteiger partial charge in [0.1, 0.15) is 24.4 Å². The van der Waals surface area contributed by atoms with Crippen molar-refractivity contribution < 1.29 is 49.3 Å². The van der Waals surface area contributed by atoms with Crippen LogP contribution in [-0.2, 0) is 23.8 Å². The van der Waals surface area contributed by atoms with Crippen LogP contribution >= 0.6 is 0 Å². The topological polar surface area (TPSA) is 175 Å². The van der Waals surface area contributed by atoms with Crippen LogP contribution in [-0.4, -0.2) is 100 Å². The van der Waals surface area contributed by atoms with Gasteiger partial charge in [-0.25, -0.2) is 0 Å². The van der Waals surface area contributed by atoms with Gasteiger partial charge in [0.2, 0.25) is 5.91 Å². The van der Waals surface area contributed by atoms with E-state index in [9.17, 15) is 35.1 Å². The highest BCUT2D eigenvalue weighted by Crippen LogP contribution is 2.23. The Balaban J connectivity index is 1.90. The van der Waals surface area contributed by atoms with Crippen molar-refractivity contribution in [2.45, 2.75) is 410 Å². The molecule has 0 radical (unpaired) electrons. The monoisotopic (exact) mass is 1240 g/mol. The Hall–Kier alpha value is -2.38. The molecule has 516 valence electrons. The molecule has 7 atom stereocenters. The van der Waals surface area contributed by atoms with Gasteiger partial charge in [-0.05, 0) is 77.0 Å². The van der Waals surface area contributed by atoms with Crippen LogP contribution in [0.3, 0.4) is 0 Å². The van der Waals surface area contributed by atoms with Crippen molar-refractivity contribution in [1.82, 2.24) is 5.32 Å². The Morgan fingerprint density at radius 3 is 1.20 bits per heavy atom. The Morgan fingerprint density at radius 1 is 0.420 bits per heavy atom. The molecule has 11 nitrogen and oxygen atoms in total. The van der Waals surface area contributed by atoms with E-state index in [1.165, 1.54) is 283 Å².